The first-order valence-electron chi connectivity index (χ1n) is 4.60. The second-order valence-corrected chi connectivity index (χ2v) is 3.67. The Bertz CT molecular complexity index is 305. The summed E-state index contributed by atoms with van der Waals surface area (Å²) in [5, 5.41) is 17.5. The molecule has 0 aromatic heterocycles. The van der Waals surface area contributed by atoms with Gasteiger partial charge in [-0.05, 0) is 37.4 Å². The lowest BCUT2D eigenvalue weighted by Crippen LogP contribution is -2.43. The highest BCUT2D eigenvalue weighted by Crippen LogP contribution is 2.33. The summed E-state index contributed by atoms with van der Waals surface area (Å²) in [6.45, 7) is 3.12. The number of nitrogens with zero attached hydrogens (tertiary/aromatic N) is 3. The van der Waals surface area contributed by atoms with Gasteiger partial charge in [-0.1, -0.05) is 0 Å². The number of fused-ring (bicyclic) bond motifs is 3. The van der Waals surface area contributed by atoms with E-state index in [-0.39, 0.29) is 0 Å². The minimum Gasteiger partial charge on any atom is -0.299 e. The van der Waals surface area contributed by atoms with E-state index in [4.69, 9.17) is 10.5 Å². The van der Waals surface area contributed by atoms with Crippen molar-refractivity contribution in [1.82, 2.24) is 4.90 Å². The minimum absolute atomic E-state index is 0.356. The summed E-state index contributed by atoms with van der Waals surface area (Å²) in [5.74, 6) is 0.513. The van der Waals surface area contributed by atoms with Crippen molar-refractivity contribution in [3.05, 3.63) is 11.1 Å². The molecule has 0 amide bonds. The molecule has 0 atom stereocenters. The zero-order chi connectivity index (χ0) is 9.26. The van der Waals surface area contributed by atoms with Crippen LogP contribution in [0.3, 0.4) is 0 Å². The van der Waals surface area contributed by atoms with E-state index >= 15 is 0 Å². The smallest absolute Gasteiger partial charge is 0.130 e. The molecule has 0 aromatic rings. The molecule has 13 heavy (non-hydrogen) atoms. The van der Waals surface area contributed by atoms with Gasteiger partial charge in [-0.25, -0.2) is 0 Å². The topological polar surface area (TPSA) is 50.8 Å². The third-order valence-electron chi connectivity index (χ3n) is 3.02. The van der Waals surface area contributed by atoms with E-state index < -0.39 is 0 Å². The third-order valence-corrected chi connectivity index (χ3v) is 3.02. The van der Waals surface area contributed by atoms with E-state index in [2.05, 4.69) is 4.90 Å². The van der Waals surface area contributed by atoms with E-state index in [9.17, 15) is 0 Å². The van der Waals surface area contributed by atoms with Crippen LogP contribution >= 0.6 is 0 Å². The molecular weight excluding hydrogens is 162 g/mol. The molecule has 3 heteroatoms. The highest BCUT2D eigenvalue weighted by atomic mass is 15.1. The van der Waals surface area contributed by atoms with Gasteiger partial charge in [0.15, 0.2) is 0 Å². The maximum absolute atomic E-state index is 8.76. The number of allylic oxidation sites excluding steroid dienone is 1. The number of hydrogen-bond acceptors (Lipinski definition) is 3. The fourth-order valence-corrected chi connectivity index (χ4v) is 2.26. The van der Waals surface area contributed by atoms with Crippen molar-refractivity contribution in [1.29, 1.82) is 10.5 Å². The van der Waals surface area contributed by atoms with Gasteiger partial charge in [0, 0.05) is 6.54 Å². The average Bonchev–Trinajstić information content (AvgIpc) is 2.22. The van der Waals surface area contributed by atoms with Crippen molar-refractivity contribution in [2.75, 3.05) is 19.6 Å². The normalized spacial score (nSPS) is 30.8. The van der Waals surface area contributed by atoms with Gasteiger partial charge >= 0.3 is 0 Å². The molecule has 0 unspecified atom stereocenters. The molecule has 66 valence electrons. The SMILES string of the molecule is N#CC(C#N)=C1CN2CCC1CC2. The molecule has 2 bridgehead atoms. The Morgan fingerprint density at radius 2 is 1.85 bits per heavy atom. The lowest BCUT2D eigenvalue weighted by Gasteiger charge is -2.40. The fraction of sp³-hybridized carbons (Fsp3) is 0.600. The van der Waals surface area contributed by atoms with Crippen molar-refractivity contribution in [3.8, 4) is 12.1 Å². The first-order valence-corrected chi connectivity index (χ1v) is 4.60. The maximum Gasteiger partial charge on any atom is 0.130 e. The Kier molecular flexibility index (Phi) is 2.04. The Hall–Kier alpha value is -1.32. The van der Waals surface area contributed by atoms with Crippen molar-refractivity contribution in [3.63, 3.8) is 0 Å². The maximum atomic E-state index is 8.76. The van der Waals surface area contributed by atoms with E-state index in [1.807, 2.05) is 12.1 Å². The number of hydrogen-bond donors (Lipinski definition) is 0. The summed E-state index contributed by atoms with van der Waals surface area (Å²) in [6.07, 6.45) is 2.25. The number of rotatable bonds is 0. The van der Waals surface area contributed by atoms with Crippen LogP contribution in [0.2, 0.25) is 0 Å². The summed E-state index contributed by atoms with van der Waals surface area (Å²) in [6, 6.07) is 4.00. The second-order valence-electron chi connectivity index (χ2n) is 3.67. The summed E-state index contributed by atoms with van der Waals surface area (Å²) in [5.41, 5.74) is 1.44. The molecule has 0 aliphatic carbocycles. The molecule has 3 aliphatic heterocycles. The van der Waals surface area contributed by atoms with Gasteiger partial charge in [-0.2, -0.15) is 10.5 Å². The zero-order valence-electron chi connectivity index (χ0n) is 7.45. The van der Waals surface area contributed by atoms with Crippen molar-refractivity contribution < 1.29 is 0 Å². The van der Waals surface area contributed by atoms with Crippen molar-refractivity contribution in [2.24, 2.45) is 5.92 Å². The molecular formula is C10H11N3. The largest absolute Gasteiger partial charge is 0.299 e. The van der Waals surface area contributed by atoms with Gasteiger partial charge in [0.05, 0.1) is 0 Å². The van der Waals surface area contributed by atoms with Gasteiger partial charge in [0.1, 0.15) is 17.7 Å². The summed E-state index contributed by atoms with van der Waals surface area (Å²) in [4.78, 5) is 2.32. The lowest BCUT2D eigenvalue weighted by molar-refractivity contribution is 0.161. The van der Waals surface area contributed by atoms with Crippen molar-refractivity contribution in [2.45, 2.75) is 12.8 Å². The van der Waals surface area contributed by atoms with Crippen LogP contribution < -0.4 is 0 Å². The zero-order valence-corrected chi connectivity index (χ0v) is 7.45. The number of nitriles is 2. The highest BCUT2D eigenvalue weighted by molar-refractivity contribution is 5.42. The van der Waals surface area contributed by atoms with Crippen LogP contribution in [0.5, 0.6) is 0 Å². The van der Waals surface area contributed by atoms with Gasteiger partial charge in [0.25, 0.3) is 0 Å². The highest BCUT2D eigenvalue weighted by Gasteiger charge is 2.31. The van der Waals surface area contributed by atoms with E-state index in [1.165, 1.54) is 0 Å². The molecule has 3 rings (SSSR count). The van der Waals surface area contributed by atoms with Gasteiger partial charge in [0.2, 0.25) is 0 Å². The van der Waals surface area contributed by atoms with Crippen LogP contribution in [0.4, 0.5) is 0 Å². The Morgan fingerprint density at radius 3 is 2.23 bits per heavy atom. The predicted octanol–water partition coefficient (Wildman–Crippen LogP) is 1.06. The van der Waals surface area contributed by atoms with Crippen LogP contribution in [0, 0.1) is 28.6 Å². The van der Waals surface area contributed by atoms with Crippen LogP contribution in [0.1, 0.15) is 12.8 Å². The quantitative estimate of drug-likeness (QED) is 0.514. The molecule has 0 N–H and O–H groups in total. The fourth-order valence-electron chi connectivity index (χ4n) is 2.26. The van der Waals surface area contributed by atoms with Crippen LogP contribution in [0.15, 0.2) is 11.1 Å². The molecule has 3 saturated heterocycles. The summed E-state index contributed by atoms with van der Waals surface area (Å²) < 4.78 is 0. The molecule has 3 nitrogen and oxygen atoms in total. The van der Waals surface area contributed by atoms with Gasteiger partial charge in [-0.3, -0.25) is 4.90 Å². The second kappa shape index (κ2) is 3.20. The molecule has 3 heterocycles. The summed E-state index contributed by atoms with van der Waals surface area (Å²) in [7, 11) is 0. The van der Waals surface area contributed by atoms with Gasteiger partial charge < -0.3 is 0 Å². The van der Waals surface area contributed by atoms with E-state index in [1.54, 1.807) is 0 Å². The molecule has 0 spiro atoms. The Labute approximate surface area is 77.9 Å². The Balaban J connectivity index is 2.32. The molecule has 0 aromatic carbocycles. The summed E-state index contributed by atoms with van der Waals surface area (Å²) >= 11 is 0. The van der Waals surface area contributed by atoms with Crippen LogP contribution in [-0.2, 0) is 0 Å². The van der Waals surface area contributed by atoms with Crippen LogP contribution in [-0.4, -0.2) is 24.5 Å². The average molecular weight is 173 g/mol. The molecule has 3 aliphatic rings. The molecule has 0 radical (unpaired) electrons. The van der Waals surface area contributed by atoms with E-state index in [0.717, 1.165) is 38.0 Å². The third kappa shape index (κ3) is 1.32. The van der Waals surface area contributed by atoms with Gasteiger partial charge in [-0.15, -0.1) is 0 Å². The Morgan fingerprint density at radius 1 is 1.23 bits per heavy atom. The minimum atomic E-state index is 0.356. The number of piperidine rings is 3. The first kappa shape index (κ1) is 8.29. The standard InChI is InChI=1S/C10H11N3/c11-5-9(6-12)10-7-13-3-1-8(10)2-4-13/h8H,1-4,7H2. The van der Waals surface area contributed by atoms with Crippen LogP contribution in [0.25, 0.3) is 0 Å². The van der Waals surface area contributed by atoms with Crippen molar-refractivity contribution >= 4 is 0 Å². The molecule has 3 fully saturated rings. The molecule has 0 saturated carbocycles. The predicted molar refractivity (Wildman–Crippen MR) is 47.4 cm³/mol. The monoisotopic (exact) mass is 173 g/mol. The van der Waals surface area contributed by atoms with E-state index in [0.29, 0.717) is 11.5 Å². The lowest BCUT2D eigenvalue weighted by atomic mass is 9.82. The first-order chi connectivity index (χ1) is 6.35.